The van der Waals surface area contributed by atoms with E-state index in [2.05, 4.69) is 35.4 Å². The first-order valence-corrected chi connectivity index (χ1v) is 12.1. The third-order valence-corrected chi connectivity index (χ3v) is 6.37. The predicted octanol–water partition coefficient (Wildman–Crippen LogP) is 2.50. The predicted molar refractivity (Wildman–Crippen MR) is 139 cm³/mol. The molecule has 11 nitrogen and oxygen atoms in total. The van der Waals surface area contributed by atoms with E-state index in [0.29, 0.717) is 46.7 Å². The minimum atomic E-state index is -0.386. The third-order valence-electron chi connectivity index (χ3n) is 6.06. The van der Waals surface area contributed by atoms with Gasteiger partial charge in [0.1, 0.15) is 23.3 Å². The van der Waals surface area contributed by atoms with Crippen molar-refractivity contribution < 1.29 is 14.8 Å². The van der Waals surface area contributed by atoms with Crippen LogP contribution in [0.3, 0.4) is 0 Å². The number of aliphatic imine (C=N–C) groups is 1. The van der Waals surface area contributed by atoms with Gasteiger partial charge >= 0.3 is 0 Å². The van der Waals surface area contributed by atoms with Crippen LogP contribution in [-0.2, 0) is 9.59 Å². The number of hydrogen-bond acceptors (Lipinski definition) is 9. The molecule has 0 bridgehead atoms. The molecule has 0 saturated carbocycles. The molecular weight excluding hydrogens is 484 g/mol. The summed E-state index contributed by atoms with van der Waals surface area (Å²) in [7, 11) is 0. The summed E-state index contributed by atoms with van der Waals surface area (Å²) in [5.41, 5.74) is 3.67. The molecule has 12 heteroatoms. The van der Waals surface area contributed by atoms with Gasteiger partial charge in [-0.3, -0.25) is 19.7 Å². The fourth-order valence-electron chi connectivity index (χ4n) is 4.07. The quantitative estimate of drug-likeness (QED) is 0.328. The maximum atomic E-state index is 12.7. The Morgan fingerprint density at radius 3 is 2.64 bits per heavy atom. The number of amidine groups is 1. The topological polar surface area (TPSA) is 135 Å². The second kappa shape index (κ2) is 11.5. The number of nitrogens with zero attached hydrogens (tertiary/aromatic N) is 5. The standard InChI is InChI=1S/C24H29ClN8O3/c1-15-4-3-5-18(25)23(15)30-24(35)17-12-19(26-14-17)29-20-13-21(28-16(2)27-20)33-10-8-32(9-11-33)7-6-22(34)31-36/h3-5,13-14,36H,6-12H2,1-2H3,(H,30,35)(H,31,34)(H,26,27,28,29). The van der Waals surface area contributed by atoms with Crippen molar-refractivity contribution in [3.05, 3.63) is 52.4 Å². The van der Waals surface area contributed by atoms with E-state index in [9.17, 15) is 9.59 Å². The Morgan fingerprint density at radius 1 is 1.14 bits per heavy atom. The Labute approximate surface area is 214 Å². The Hall–Kier alpha value is -3.54. The van der Waals surface area contributed by atoms with Crippen LogP contribution >= 0.6 is 11.6 Å². The average Bonchev–Trinajstić information content (AvgIpc) is 3.33. The molecule has 1 aromatic heterocycles. The Morgan fingerprint density at radius 2 is 1.92 bits per heavy atom. The number of carbonyl (C=O) groups excluding carboxylic acids is 2. The summed E-state index contributed by atoms with van der Waals surface area (Å²) in [5, 5.41) is 15.2. The maximum absolute atomic E-state index is 12.7. The van der Waals surface area contributed by atoms with E-state index in [1.54, 1.807) is 17.7 Å². The number of aryl methyl sites for hydroxylation is 2. The van der Waals surface area contributed by atoms with Crippen molar-refractivity contribution in [3.63, 3.8) is 0 Å². The SMILES string of the molecule is Cc1nc(NC2=NC=C(C(=O)Nc3c(C)cccc3Cl)C2)cc(N2CCN(CCC(=O)NO)CC2)n1. The van der Waals surface area contributed by atoms with Crippen molar-refractivity contribution in [1.82, 2.24) is 20.3 Å². The summed E-state index contributed by atoms with van der Waals surface area (Å²) in [5.74, 6) is 2.01. The van der Waals surface area contributed by atoms with Crippen molar-refractivity contribution in [2.45, 2.75) is 26.7 Å². The Bertz CT molecular complexity index is 1190. The number of nitrogens with one attached hydrogen (secondary N) is 3. The number of carbonyl (C=O) groups is 2. The minimum absolute atomic E-state index is 0.249. The van der Waals surface area contributed by atoms with Crippen LogP contribution in [0.5, 0.6) is 0 Å². The fourth-order valence-corrected chi connectivity index (χ4v) is 4.34. The van der Waals surface area contributed by atoms with Crippen LogP contribution in [-0.4, -0.2) is 70.4 Å². The van der Waals surface area contributed by atoms with Crippen molar-refractivity contribution >= 4 is 46.6 Å². The normalized spacial score (nSPS) is 15.8. The minimum Gasteiger partial charge on any atom is -0.354 e. The van der Waals surface area contributed by atoms with Crippen molar-refractivity contribution in [3.8, 4) is 0 Å². The highest BCUT2D eigenvalue weighted by atomic mass is 35.5. The van der Waals surface area contributed by atoms with Crippen LogP contribution in [0, 0.1) is 13.8 Å². The summed E-state index contributed by atoms with van der Waals surface area (Å²) in [4.78, 5) is 41.8. The number of amides is 2. The summed E-state index contributed by atoms with van der Waals surface area (Å²) in [6.45, 7) is 7.39. The van der Waals surface area contributed by atoms with Gasteiger partial charge in [-0.1, -0.05) is 23.7 Å². The molecule has 4 N–H and O–H groups in total. The van der Waals surface area contributed by atoms with E-state index in [0.717, 1.165) is 37.6 Å². The van der Waals surface area contributed by atoms with E-state index in [1.807, 2.05) is 32.0 Å². The van der Waals surface area contributed by atoms with Crippen LogP contribution in [0.1, 0.15) is 24.2 Å². The summed E-state index contributed by atoms with van der Waals surface area (Å²) in [6, 6.07) is 7.33. The first-order chi connectivity index (χ1) is 17.3. The zero-order valence-corrected chi connectivity index (χ0v) is 21.0. The number of benzene rings is 1. The third kappa shape index (κ3) is 6.36. The molecule has 1 aromatic carbocycles. The molecule has 4 rings (SSSR count). The van der Waals surface area contributed by atoms with Gasteiger partial charge in [-0.05, 0) is 25.5 Å². The van der Waals surface area contributed by atoms with Crippen molar-refractivity contribution in [2.24, 2.45) is 4.99 Å². The Balaban J connectivity index is 1.32. The molecule has 0 spiro atoms. The van der Waals surface area contributed by atoms with Crippen LogP contribution in [0.25, 0.3) is 0 Å². The number of halogens is 1. The molecule has 3 heterocycles. The van der Waals surface area contributed by atoms with Crippen molar-refractivity contribution in [1.29, 1.82) is 0 Å². The molecule has 2 aromatic rings. The molecule has 0 aliphatic carbocycles. The van der Waals surface area contributed by atoms with Crippen LogP contribution < -0.4 is 21.0 Å². The van der Waals surface area contributed by atoms with Crippen molar-refractivity contribution in [2.75, 3.05) is 48.3 Å². The molecule has 190 valence electrons. The van der Waals surface area contributed by atoms with E-state index in [-0.39, 0.29) is 18.2 Å². The van der Waals surface area contributed by atoms with Gasteiger partial charge in [-0.2, -0.15) is 0 Å². The lowest BCUT2D eigenvalue weighted by Crippen LogP contribution is -2.47. The lowest BCUT2D eigenvalue weighted by molar-refractivity contribution is -0.129. The number of hydroxylamine groups is 1. The maximum Gasteiger partial charge on any atom is 0.253 e. The van der Waals surface area contributed by atoms with Crippen LogP contribution in [0.4, 0.5) is 17.3 Å². The highest BCUT2D eigenvalue weighted by Gasteiger charge is 2.22. The van der Waals surface area contributed by atoms with Crippen LogP contribution in [0.2, 0.25) is 5.02 Å². The molecule has 0 radical (unpaired) electrons. The van der Waals surface area contributed by atoms with Gasteiger partial charge in [-0.25, -0.2) is 20.4 Å². The largest absolute Gasteiger partial charge is 0.354 e. The van der Waals surface area contributed by atoms with Gasteiger partial charge < -0.3 is 15.5 Å². The first kappa shape index (κ1) is 25.5. The second-order valence-electron chi connectivity index (χ2n) is 8.69. The molecule has 36 heavy (non-hydrogen) atoms. The molecule has 2 amide bonds. The number of piperazine rings is 1. The number of anilines is 3. The summed E-state index contributed by atoms with van der Waals surface area (Å²) >= 11 is 6.23. The molecule has 2 aliphatic rings. The van der Waals surface area contributed by atoms with Gasteiger partial charge in [-0.15, -0.1) is 0 Å². The molecular formula is C24H29ClN8O3. The van der Waals surface area contributed by atoms with E-state index >= 15 is 0 Å². The zero-order valence-electron chi connectivity index (χ0n) is 20.2. The number of rotatable bonds is 7. The summed E-state index contributed by atoms with van der Waals surface area (Å²) < 4.78 is 0. The summed E-state index contributed by atoms with van der Waals surface area (Å²) in [6.07, 6.45) is 2.15. The lowest BCUT2D eigenvalue weighted by atomic mass is 10.1. The smallest absolute Gasteiger partial charge is 0.253 e. The van der Waals surface area contributed by atoms with Gasteiger partial charge in [0, 0.05) is 63.4 Å². The second-order valence-corrected chi connectivity index (χ2v) is 9.10. The zero-order chi connectivity index (χ0) is 25.7. The van der Waals surface area contributed by atoms with E-state index in [4.69, 9.17) is 16.8 Å². The lowest BCUT2D eigenvalue weighted by Gasteiger charge is -2.35. The number of aromatic nitrogens is 2. The monoisotopic (exact) mass is 512 g/mol. The van der Waals surface area contributed by atoms with Crippen LogP contribution in [0.15, 0.2) is 41.0 Å². The first-order valence-electron chi connectivity index (χ1n) is 11.7. The highest BCUT2D eigenvalue weighted by Crippen LogP contribution is 2.27. The Kier molecular flexibility index (Phi) is 8.14. The number of para-hydroxylation sites is 1. The average molecular weight is 513 g/mol. The highest BCUT2D eigenvalue weighted by molar-refractivity contribution is 6.34. The molecule has 0 atom stereocenters. The van der Waals surface area contributed by atoms with Gasteiger partial charge in [0.05, 0.1) is 10.7 Å². The molecule has 1 fully saturated rings. The number of hydrogen-bond donors (Lipinski definition) is 4. The van der Waals surface area contributed by atoms with E-state index in [1.165, 1.54) is 0 Å². The van der Waals surface area contributed by atoms with Gasteiger partial charge in [0.2, 0.25) is 5.91 Å². The fraction of sp³-hybridized carbons (Fsp3) is 0.375. The van der Waals surface area contributed by atoms with E-state index < -0.39 is 0 Å². The van der Waals surface area contributed by atoms with Gasteiger partial charge in [0.15, 0.2) is 0 Å². The molecule has 0 unspecified atom stereocenters. The van der Waals surface area contributed by atoms with Gasteiger partial charge in [0.25, 0.3) is 5.91 Å². The molecule has 2 aliphatic heterocycles. The molecule has 1 saturated heterocycles.